The molecule has 0 saturated heterocycles. The van der Waals surface area contributed by atoms with Gasteiger partial charge in [-0.15, -0.1) is 0 Å². The zero-order valence-corrected chi connectivity index (χ0v) is 21.0. The molecule has 3 aromatic carbocycles. The largest absolute Gasteiger partial charge is 0.339 e. The smallest absolute Gasteiger partial charge is 0.242 e. The Balaban J connectivity index is 1.67. The highest BCUT2D eigenvalue weighted by Gasteiger charge is 2.28. The van der Waals surface area contributed by atoms with Crippen LogP contribution in [0.1, 0.15) is 33.4 Å². The van der Waals surface area contributed by atoms with E-state index >= 15 is 0 Å². The van der Waals surface area contributed by atoms with E-state index in [2.05, 4.69) is 112 Å². The van der Waals surface area contributed by atoms with Gasteiger partial charge in [0.25, 0.3) is 0 Å². The summed E-state index contributed by atoms with van der Waals surface area (Å²) in [5.41, 5.74) is 15.4. The van der Waals surface area contributed by atoms with E-state index in [4.69, 9.17) is 0 Å². The van der Waals surface area contributed by atoms with Crippen LogP contribution in [0.5, 0.6) is 0 Å². The Bertz CT molecular complexity index is 1370. The summed E-state index contributed by atoms with van der Waals surface area (Å²) in [6.07, 6.45) is 1.83. The molecule has 2 heterocycles. The first-order valence-electron chi connectivity index (χ1n) is 12.0. The molecule has 0 aliphatic rings. The second kappa shape index (κ2) is 8.64. The van der Waals surface area contributed by atoms with Crippen LogP contribution >= 0.6 is 0 Å². The van der Waals surface area contributed by atoms with Gasteiger partial charge in [-0.05, 0) is 65.3 Å². The summed E-state index contributed by atoms with van der Waals surface area (Å²) in [5.74, 6) is 0. The molecule has 0 aliphatic carbocycles. The highest BCUT2D eigenvalue weighted by molar-refractivity contribution is 6.96. The van der Waals surface area contributed by atoms with E-state index in [1.807, 2.05) is 12.3 Å². The molecule has 1 N–H and O–H groups in total. The van der Waals surface area contributed by atoms with Gasteiger partial charge in [0.2, 0.25) is 6.71 Å². The molecule has 0 amide bonds. The molecule has 168 valence electrons. The van der Waals surface area contributed by atoms with Crippen molar-refractivity contribution < 1.29 is 0 Å². The molecule has 0 atom stereocenters. The molecule has 0 saturated carbocycles. The number of fused-ring (bicyclic) bond motifs is 1. The van der Waals surface area contributed by atoms with Crippen LogP contribution in [0.15, 0.2) is 72.9 Å². The summed E-state index contributed by atoms with van der Waals surface area (Å²) in [4.78, 5) is 7.91. The molecule has 0 bridgehead atoms. The molecule has 0 fully saturated rings. The second-order valence-electron chi connectivity index (χ2n) is 9.80. The minimum absolute atomic E-state index is 0.194. The van der Waals surface area contributed by atoms with Crippen molar-refractivity contribution in [1.82, 2.24) is 9.97 Å². The third-order valence-electron chi connectivity index (χ3n) is 7.00. The number of hydrogen-bond donors (Lipinski definition) is 1. The van der Waals surface area contributed by atoms with Crippen molar-refractivity contribution in [3.63, 3.8) is 0 Å². The van der Waals surface area contributed by atoms with Gasteiger partial charge >= 0.3 is 0 Å². The zero-order valence-electron chi connectivity index (χ0n) is 21.0. The Morgan fingerprint density at radius 1 is 0.647 bits per heavy atom. The molecule has 2 aromatic heterocycles. The fourth-order valence-electron chi connectivity index (χ4n) is 5.74. The SMILES string of the molecule is Cc1cc(C)c(B(c2ccc(-c3cc4cccnc4[nH]3)cc2)c2c(C)cc(C)cc2C)c(C)c1. The lowest BCUT2D eigenvalue weighted by molar-refractivity contribution is 1.32. The minimum atomic E-state index is 0.194. The Hall–Kier alpha value is -3.59. The van der Waals surface area contributed by atoms with Crippen LogP contribution in [-0.2, 0) is 0 Å². The Labute approximate surface area is 203 Å². The van der Waals surface area contributed by atoms with Crippen LogP contribution in [0.25, 0.3) is 22.3 Å². The van der Waals surface area contributed by atoms with Gasteiger partial charge in [0.05, 0.1) is 0 Å². The predicted molar refractivity (Wildman–Crippen MR) is 147 cm³/mol. The summed E-state index contributed by atoms with van der Waals surface area (Å²) in [7, 11) is 0. The van der Waals surface area contributed by atoms with Gasteiger partial charge in [0.15, 0.2) is 0 Å². The zero-order chi connectivity index (χ0) is 24.0. The van der Waals surface area contributed by atoms with E-state index in [1.54, 1.807) is 0 Å². The summed E-state index contributed by atoms with van der Waals surface area (Å²) in [5, 5.41) is 1.14. The third-order valence-corrected chi connectivity index (χ3v) is 7.00. The van der Waals surface area contributed by atoms with Crippen LogP contribution in [0.2, 0.25) is 0 Å². The number of pyridine rings is 1. The maximum Gasteiger partial charge on any atom is 0.242 e. The van der Waals surface area contributed by atoms with Crippen molar-refractivity contribution in [3.05, 3.63) is 106 Å². The minimum Gasteiger partial charge on any atom is -0.339 e. The quantitative estimate of drug-likeness (QED) is 0.361. The molecule has 0 unspecified atom stereocenters. The first-order valence-corrected chi connectivity index (χ1v) is 12.0. The molecule has 5 aromatic rings. The average Bonchev–Trinajstić information content (AvgIpc) is 3.21. The van der Waals surface area contributed by atoms with Crippen molar-refractivity contribution in [1.29, 1.82) is 0 Å². The van der Waals surface area contributed by atoms with Gasteiger partial charge in [-0.3, -0.25) is 0 Å². The molecule has 34 heavy (non-hydrogen) atoms. The van der Waals surface area contributed by atoms with Gasteiger partial charge in [0.1, 0.15) is 5.65 Å². The lowest BCUT2D eigenvalue weighted by Crippen LogP contribution is -2.55. The van der Waals surface area contributed by atoms with Gasteiger partial charge in [0, 0.05) is 17.3 Å². The molecule has 3 heteroatoms. The van der Waals surface area contributed by atoms with Crippen LogP contribution in [0, 0.1) is 41.5 Å². The Kier molecular flexibility index (Phi) is 5.65. The summed E-state index contributed by atoms with van der Waals surface area (Å²) in [6.45, 7) is 13.6. The van der Waals surface area contributed by atoms with Crippen LogP contribution in [0.4, 0.5) is 0 Å². The highest BCUT2D eigenvalue weighted by Crippen LogP contribution is 2.22. The molecular weight excluding hydrogens is 411 g/mol. The van der Waals surface area contributed by atoms with Gasteiger partial charge < -0.3 is 4.98 Å². The van der Waals surface area contributed by atoms with E-state index in [1.165, 1.54) is 55.3 Å². The maximum atomic E-state index is 4.45. The number of nitrogens with one attached hydrogen (secondary N) is 1. The van der Waals surface area contributed by atoms with Gasteiger partial charge in [-0.1, -0.05) is 98.3 Å². The monoisotopic (exact) mass is 442 g/mol. The molecule has 0 aliphatic heterocycles. The number of rotatable bonds is 4. The average molecular weight is 442 g/mol. The fraction of sp³-hybridized carbons (Fsp3) is 0.194. The van der Waals surface area contributed by atoms with E-state index in [0.29, 0.717) is 0 Å². The predicted octanol–water partition coefficient (Wildman–Crippen LogP) is 5.60. The number of H-pyrrole nitrogens is 1. The fourth-order valence-corrected chi connectivity index (χ4v) is 5.74. The highest BCUT2D eigenvalue weighted by atomic mass is 14.8. The summed E-state index contributed by atoms with van der Waals surface area (Å²) < 4.78 is 0. The van der Waals surface area contributed by atoms with E-state index < -0.39 is 0 Å². The van der Waals surface area contributed by atoms with Crippen LogP contribution < -0.4 is 16.4 Å². The first kappa shape index (κ1) is 22.2. The van der Waals surface area contributed by atoms with E-state index in [0.717, 1.165) is 16.7 Å². The van der Waals surface area contributed by atoms with E-state index in [-0.39, 0.29) is 6.71 Å². The number of nitrogens with zero attached hydrogens (tertiary/aromatic N) is 1. The van der Waals surface area contributed by atoms with Crippen molar-refractivity contribution in [3.8, 4) is 11.3 Å². The van der Waals surface area contributed by atoms with Crippen molar-refractivity contribution >= 4 is 34.1 Å². The lowest BCUT2D eigenvalue weighted by Gasteiger charge is -2.24. The molecule has 0 spiro atoms. The Morgan fingerprint density at radius 2 is 1.18 bits per heavy atom. The van der Waals surface area contributed by atoms with Crippen molar-refractivity contribution in [2.75, 3.05) is 0 Å². The number of benzene rings is 3. The Morgan fingerprint density at radius 3 is 1.68 bits per heavy atom. The van der Waals surface area contributed by atoms with Crippen molar-refractivity contribution in [2.24, 2.45) is 0 Å². The third kappa shape index (κ3) is 3.96. The van der Waals surface area contributed by atoms with E-state index in [9.17, 15) is 0 Å². The molecule has 2 nitrogen and oxygen atoms in total. The summed E-state index contributed by atoms with van der Waals surface area (Å²) >= 11 is 0. The lowest BCUT2D eigenvalue weighted by atomic mass is 9.34. The van der Waals surface area contributed by atoms with Gasteiger partial charge in [-0.2, -0.15) is 0 Å². The van der Waals surface area contributed by atoms with Gasteiger partial charge in [-0.25, -0.2) is 4.98 Å². The topological polar surface area (TPSA) is 28.7 Å². The normalized spacial score (nSPS) is 11.2. The summed E-state index contributed by atoms with van der Waals surface area (Å²) in [6, 6.07) is 24.6. The number of hydrogen-bond acceptors (Lipinski definition) is 1. The number of aromatic nitrogens is 2. The molecule has 0 radical (unpaired) electrons. The van der Waals surface area contributed by atoms with Crippen LogP contribution in [-0.4, -0.2) is 16.7 Å². The number of aromatic amines is 1. The standard InChI is InChI=1S/C31H31BN2/c1-19-14-21(3)29(22(4)15-19)32(30-23(5)16-20(2)17-24(30)6)27-11-9-25(10-12-27)28-18-26-8-7-13-33-31(26)34-28/h7-18H,1-6H3,(H,33,34). The first-order chi connectivity index (χ1) is 16.3. The number of aryl methyl sites for hydroxylation is 6. The van der Waals surface area contributed by atoms with Crippen LogP contribution in [0.3, 0.4) is 0 Å². The molecule has 5 rings (SSSR count). The second-order valence-corrected chi connectivity index (χ2v) is 9.80. The molecular formula is C31H31BN2. The van der Waals surface area contributed by atoms with Crippen molar-refractivity contribution in [2.45, 2.75) is 41.5 Å². The maximum absolute atomic E-state index is 4.45.